The van der Waals surface area contributed by atoms with Gasteiger partial charge in [-0.15, -0.1) is 0 Å². The summed E-state index contributed by atoms with van der Waals surface area (Å²) in [5.74, 6) is 5.62. The Hall–Kier alpha value is -0.650. The lowest BCUT2D eigenvalue weighted by Crippen LogP contribution is -2.38. The van der Waals surface area contributed by atoms with Gasteiger partial charge in [-0.3, -0.25) is 10.2 Å². The number of hydrogen-bond acceptors (Lipinski definition) is 4. The second-order valence-corrected chi connectivity index (χ2v) is 4.06. The van der Waals surface area contributed by atoms with E-state index in [0.29, 0.717) is 12.3 Å². The van der Waals surface area contributed by atoms with Gasteiger partial charge in [-0.2, -0.15) is 0 Å². The minimum atomic E-state index is -0.0889. The van der Waals surface area contributed by atoms with E-state index in [1.165, 1.54) is 0 Å². The number of methoxy groups -OCH3 is 1. The molecule has 1 rings (SSSR count). The van der Waals surface area contributed by atoms with Crippen LogP contribution in [0, 0.1) is 5.92 Å². The lowest BCUT2D eigenvalue weighted by molar-refractivity contribution is -0.121. The van der Waals surface area contributed by atoms with Gasteiger partial charge in [-0.1, -0.05) is 0 Å². The largest absolute Gasteiger partial charge is 0.384 e. The standard InChI is InChI=1S/C10H21N3O2/c1-15-8-9-2-5-13(6-3-9)7-4-10(14)12-11/h9H,2-8,11H2,1H3,(H,12,14). The molecule has 5 nitrogen and oxygen atoms in total. The molecule has 1 fully saturated rings. The van der Waals surface area contributed by atoms with Crippen molar-refractivity contribution in [2.24, 2.45) is 11.8 Å². The van der Waals surface area contributed by atoms with E-state index in [2.05, 4.69) is 10.3 Å². The second kappa shape index (κ2) is 6.76. The Morgan fingerprint density at radius 1 is 1.53 bits per heavy atom. The van der Waals surface area contributed by atoms with Crippen LogP contribution in [0.1, 0.15) is 19.3 Å². The van der Waals surface area contributed by atoms with E-state index in [1.807, 2.05) is 0 Å². The molecule has 0 aromatic rings. The minimum Gasteiger partial charge on any atom is -0.384 e. The van der Waals surface area contributed by atoms with E-state index in [0.717, 1.165) is 39.1 Å². The average Bonchev–Trinajstić information content (AvgIpc) is 2.28. The van der Waals surface area contributed by atoms with E-state index >= 15 is 0 Å². The van der Waals surface area contributed by atoms with Gasteiger partial charge in [-0.05, 0) is 31.8 Å². The van der Waals surface area contributed by atoms with Gasteiger partial charge in [0.2, 0.25) is 5.91 Å². The first-order valence-electron chi connectivity index (χ1n) is 5.47. The van der Waals surface area contributed by atoms with Crippen LogP contribution in [0.3, 0.4) is 0 Å². The highest BCUT2D eigenvalue weighted by atomic mass is 16.5. The third kappa shape index (κ3) is 4.59. The molecule has 88 valence electrons. The lowest BCUT2D eigenvalue weighted by Gasteiger charge is -2.31. The maximum absolute atomic E-state index is 10.9. The molecule has 1 heterocycles. The van der Waals surface area contributed by atoms with Gasteiger partial charge < -0.3 is 9.64 Å². The number of nitrogens with two attached hydrogens (primary N) is 1. The maximum atomic E-state index is 10.9. The van der Waals surface area contributed by atoms with Crippen LogP contribution < -0.4 is 11.3 Å². The summed E-state index contributed by atoms with van der Waals surface area (Å²) in [6, 6.07) is 0. The van der Waals surface area contributed by atoms with Crippen molar-refractivity contribution in [2.75, 3.05) is 33.4 Å². The number of nitrogens with one attached hydrogen (secondary N) is 1. The highest BCUT2D eigenvalue weighted by Crippen LogP contribution is 2.17. The van der Waals surface area contributed by atoms with Crippen molar-refractivity contribution in [3.05, 3.63) is 0 Å². The zero-order chi connectivity index (χ0) is 11.1. The van der Waals surface area contributed by atoms with Crippen LogP contribution in [0.4, 0.5) is 0 Å². The van der Waals surface area contributed by atoms with Gasteiger partial charge in [0.1, 0.15) is 0 Å². The van der Waals surface area contributed by atoms with Crippen LogP contribution in [-0.2, 0) is 9.53 Å². The Kier molecular flexibility index (Phi) is 5.60. The molecule has 0 atom stereocenters. The summed E-state index contributed by atoms with van der Waals surface area (Å²) in [6.07, 6.45) is 2.82. The molecule has 0 unspecified atom stereocenters. The molecule has 0 radical (unpaired) electrons. The summed E-state index contributed by atoms with van der Waals surface area (Å²) in [5, 5.41) is 0. The molecule has 0 aromatic carbocycles. The quantitative estimate of drug-likeness (QED) is 0.376. The molecule has 0 aromatic heterocycles. The van der Waals surface area contributed by atoms with E-state index in [-0.39, 0.29) is 5.91 Å². The van der Waals surface area contributed by atoms with Crippen molar-refractivity contribution >= 4 is 5.91 Å². The van der Waals surface area contributed by atoms with Gasteiger partial charge in [0, 0.05) is 26.7 Å². The summed E-state index contributed by atoms with van der Waals surface area (Å²) in [7, 11) is 1.75. The van der Waals surface area contributed by atoms with Crippen LogP contribution in [0.15, 0.2) is 0 Å². The fraction of sp³-hybridized carbons (Fsp3) is 0.900. The first-order valence-corrected chi connectivity index (χ1v) is 5.47. The number of nitrogens with zero attached hydrogens (tertiary/aromatic N) is 1. The topological polar surface area (TPSA) is 67.6 Å². The maximum Gasteiger partial charge on any atom is 0.235 e. The number of hydrazine groups is 1. The van der Waals surface area contributed by atoms with Crippen molar-refractivity contribution in [3.8, 4) is 0 Å². The molecule has 0 spiro atoms. The molecule has 0 aliphatic carbocycles. The zero-order valence-corrected chi connectivity index (χ0v) is 9.37. The van der Waals surface area contributed by atoms with E-state index in [9.17, 15) is 4.79 Å². The van der Waals surface area contributed by atoms with E-state index in [1.54, 1.807) is 7.11 Å². The van der Waals surface area contributed by atoms with Crippen molar-refractivity contribution < 1.29 is 9.53 Å². The molecule has 3 N–H and O–H groups in total. The molecule has 1 amide bonds. The Balaban J connectivity index is 2.12. The highest BCUT2D eigenvalue weighted by molar-refractivity contribution is 5.75. The van der Waals surface area contributed by atoms with Gasteiger partial charge in [0.05, 0.1) is 0 Å². The molecule has 0 bridgehead atoms. The van der Waals surface area contributed by atoms with Gasteiger partial charge >= 0.3 is 0 Å². The highest BCUT2D eigenvalue weighted by Gasteiger charge is 2.18. The number of carbonyl (C=O) groups excluding carboxylic acids is 1. The molecule has 0 saturated carbocycles. The number of likely N-dealkylation sites (tertiary alicyclic amines) is 1. The summed E-state index contributed by atoms with van der Waals surface area (Å²) in [5.41, 5.74) is 2.15. The average molecular weight is 215 g/mol. The van der Waals surface area contributed by atoms with Crippen molar-refractivity contribution in [1.82, 2.24) is 10.3 Å². The third-order valence-electron chi connectivity index (χ3n) is 2.93. The number of amides is 1. The SMILES string of the molecule is COCC1CCN(CCC(=O)NN)CC1. The first-order chi connectivity index (χ1) is 7.26. The molecule has 5 heteroatoms. The van der Waals surface area contributed by atoms with Gasteiger partial charge in [-0.25, -0.2) is 5.84 Å². The molecule has 15 heavy (non-hydrogen) atoms. The molecule has 1 aliphatic rings. The number of piperidine rings is 1. The lowest BCUT2D eigenvalue weighted by atomic mass is 9.98. The monoisotopic (exact) mass is 215 g/mol. The van der Waals surface area contributed by atoms with Crippen LogP contribution in [-0.4, -0.2) is 44.2 Å². The Morgan fingerprint density at radius 2 is 2.20 bits per heavy atom. The molecule has 1 aliphatic heterocycles. The zero-order valence-electron chi connectivity index (χ0n) is 9.37. The molecular formula is C10H21N3O2. The summed E-state index contributed by atoms with van der Waals surface area (Å²) in [6.45, 7) is 3.79. The Bertz CT molecular complexity index is 191. The van der Waals surface area contributed by atoms with Crippen LogP contribution in [0.25, 0.3) is 0 Å². The van der Waals surface area contributed by atoms with Crippen LogP contribution in [0.5, 0.6) is 0 Å². The molecular weight excluding hydrogens is 194 g/mol. The number of hydrogen-bond donors (Lipinski definition) is 2. The predicted octanol–water partition coefficient (Wildman–Crippen LogP) is -0.275. The van der Waals surface area contributed by atoms with Crippen molar-refractivity contribution in [2.45, 2.75) is 19.3 Å². The predicted molar refractivity (Wildman–Crippen MR) is 58.0 cm³/mol. The fourth-order valence-corrected chi connectivity index (χ4v) is 1.94. The normalized spacial score (nSPS) is 19.1. The van der Waals surface area contributed by atoms with E-state index in [4.69, 9.17) is 10.6 Å². The minimum absolute atomic E-state index is 0.0889. The number of ether oxygens (including phenoxy) is 1. The van der Waals surface area contributed by atoms with Crippen molar-refractivity contribution in [3.63, 3.8) is 0 Å². The third-order valence-corrected chi connectivity index (χ3v) is 2.93. The van der Waals surface area contributed by atoms with Crippen LogP contribution in [0.2, 0.25) is 0 Å². The summed E-state index contributed by atoms with van der Waals surface area (Å²) < 4.78 is 5.13. The number of rotatable bonds is 5. The first kappa shape index (κ1) is 12.4. The Labute approximate surface area is 90.9 Å². The van der Waals surface area contributed by atoms with E-state index < -0.39 is 0 Å². The summed E-state index contributed by atoms with van der Waals surface area (Å²) >= 11 is 0. The molecule has 1 saturated heterocycles. The summed E-state index contributed by atoms with van der Waals surface area (Å²) in [4.78, 5) is 13.2. The Morgan fingerprint density at radius 3 is 2.73 bits per heavy atom. The van der Waals surface area contributed by atoms with Gasteiger partial charge in [0.25, 0.3) is 0 Å². The smallest absolute Gasteiger partial charge is 0.235 e. The fourth-order valence-electron chi connectivity index (χ4n) is 1.94. The van der Waals surface area contributed by atoms with Gasteiger partial charge in [0.15, 0.2) is 0 Å². The van der Waals surface area contributed by atoms with Crippen molar-refractivity contribution in [1.29, 1.82) is 0 Å². The second-order valence-electron chi connectivity index (χ2n) is 4.06. The van der Waals surface area contributed by atoms with Crippen LogP contribution >= 0.6 is 0 Å². The number of carbonyl (C=O) groups is 1.